The summed E-state index contributed by atoms with van der Waals surface area (Å²) in [6.07, 6.45) is -0.289. The number of hydrogen-bond acceptors (Lipinski definition) is 3. The molecule has 0 heterocycles. The first-order chi connectivity index (χ1) is 21.3. The Morgan fingerprint density at radius 1 is 0.511 bits per heavy atom. The quantitative estimate of drug-likeness (QED) is 0.133. The van der Waals surface area contributed by atoms with E-state index in [1.807, 2.05) is 111 Å². The van der Waals surface area contributed by atoms with Crippen molar-refractivity contribution in [3.63, 3.8) is 0 Å². The Balaban J connectivity index is 1.64. The summed E-state index contributed by atoms with van der Waals surface area (Å²) >= 11 is 0. The number of nitrogens with one attached hydrogen (secondary N) is 3. The van der Waals surface area contributed by atoms with Crippen LogP contribution in [0.15, 0.2) is 109 Å². The van der Waals surface area contributed by atoms with Gasteiger partial charge in [-0.25, -0.2) is 0 Å². The fourth-order valence-electron chi connectivity index (χ4n) is 5.77. The standard InChI is InChI=1S/C40H47N3O2/c1-27(28-15-11-9-12-16-28)42-37(44)32-23-19-29(20-24-32)34(39(2,3)4)35(40(5,6)7)30-21-25-33(26-22-30)38(45)43-36(41-8)31-17-13-10-14-18-31/h9-27,36,41H,1-8H3,(H,42,44)(H,43,45)/b35-34+. The van der Waals surface area contributed by atoms with E-state index in [1.54, 1.807) is 0 Å². The van der Waals surface area contributed by atoms with Gasteiger partial charge in [0.05, 0.1) is 6.04 Å². The average Bonchev–Trinajstić information content (AvgIpc) is 3.02. The number of carbonyl (C=O) groups excluding carboxylic acids is 2. The third kappa shape index (κ3) is 8.37. The summed E-state index contributed by atoms with van der Waals surface area (Å²) in [5.74, 6) is -0.241. The Morgan fingerprint density at radius 3 is 1.24 bits per heavy atom. The van der Waals surface area contributed by atoms with E-state index in [0.717, 1.165) is 22.3 Å². The Bertz CT molecular complexity index is 1610. The molecule has 4 aromatic rings. The summed E-state index contributed by atoms with van der Waals surface area (Å²) in [7, 11) is 1.83. The van der Waals surface area contributed by atoms with Gasteiger partial charge in [0.1, 0.15) is 6.17 Å². The van der Waals surface area contributed by atoms with Gasteiger partial charge in [0.2, 0.25) is 0 Å². The first-order valence-electron chi connectivity index (χ1n) is 15.6. The predicted octanol–water partition coefficient (Wildman–Crippen LogP) is 8.83. The molecule has 0 saturated carbocycles. The molecule has 0 aromatic heterocycles. The van der Waals surface area contributed by atoms with Crippen LogP contribution in [0, 0.1) is 10.8 Å². The Morgan fingerprint density at radius 2 is 0.867 bits per heavy atom. The van der Waals surface area contributed by atoms with Crippen LogP contribution >= 0.6 is 0 Å². The third-order valence-corrected chi connectivity index (χ3v) is 7.97. The molecule has 4 rings (SSSR count). The van der Waals surface area contributed by atoms with Crippen molar-refractivity contribution in [2.75, 3.05) is 7.05 Å². The van der Waals surface area contributed by atoms with Crippen LogP contribution in [0.25, 0.3) is 11.1 Å². The van der Waals surface area contributed by atoms with Crippen LogP contribution in [0.4, 0.5) is 0 Å². The normalized spacial score (nSPS) is 13.8. The molecule has 0 aliphatic heterocycles. The molecule has 0 bridgehead atoms. The summed E-state index contributed by atoms with van der Waals surface area (Å²) in [6, 6.07) is 35.6. The predicted molar refractivity (Wildman–Crippen MR) is 187 cm³/mol. The second-order valence-electron chi connectivity index (χ2n) is 13.6. The van der Waals surface area contributed by atoms with Crippen LogP contribution in [0.2, 0.25) is 0 Å². The molecule has 0 saturated heterocycles. The molecule has 0 spiro atoms. The lowest BCUT2D eigenvalue weighted by Crippen LogP contribution is -2.36. The molecular formula is C40H47N3O2. The summed E-state index contributed by atoms with van der Waals surface area (Å²) in [5, 5.41) is 9.39. The summed E-state index contributed by atoms with van der Waals surface area (Å²) in [6.45, 7) is 15.3. The molecule has 4 aromatic carbocycles. The fraction of sp³-hybridized carbons (Fsp3) is 0.300. The molecule has 5 heteroatoms. The highest BCUT2D eigenvalue weighted by atomic mass is 16.2. The summed E-state index contributed by atoms with van der Waals surface area (Å²) in [5.41, 5.74) is 7.43. The number of rotatable bonds is 9. The van der Waals surface area contributed by atoms with Gasteiger partial charge in [-0.3, -0.25) is 14.9 Å². The highest BCUT2D eigenvalue weighted by Gasteiger charge is 2.30. The first-order valence-corrected chi connectivity index (χ1v) is 15.6. The maximum atomic E-state index is 13.2. The van der Waals surface area contributed by atoms with Gasteiger partial charge in [-0.05, 0) is 82.5 Å². The van der Waals surface area contributed by atoms with Gasteiger partial charge in [0.25, 0.3) is 11.8 Å². The lowest BCUT2D eigenvalue weighted by atomic mass is 9.70. The number of carbonyl (C=O) groups is 2. The second-order valence-corrected chi connectivity index (χ2v) is 13.6. The lowest BCUT2D eigenvalue weighted by Gasteiger charge is -2.34. The van der Waals surface area contributed by atoms with Gasteiger partial charge in [-0.2, -0.15) is 0 Å². The number of hydrogen-bond donors (Lipinski definition) is 3. The van der Waals surface area contributed by atoms with Crippen molar-refractivity contribution < 1.29 is 9.59 Å². The Kier molecular flexibility index (Phi) is 10.5. The van der Waals surface area contributed by atoms with Crippen LogP contribution in [0.3, 0.4) is 0 Å². The molecule has 3 N–H and O–H groups in total. The third-order valence-electron chi connectivity index (χ3n) is 7.97. The highest BCUT2D eigenvalue weighted by Crippen LogP contribution is 2.47. The largest absolute Gasteiger partial charge is 0.346 e. The topological polar surface area (TPSA) is 70.2 Å². The van der Waals surface area contributed by atoms with Gasteiger partial charge in [0, 0.05) is 11.1 Å². The second kappa shape index (κ2) is 14.1. The molecule has 2 unspecified atom stereocenters. The van der Waals surface area contributed by atoms with E-state index in [9.17, 15) is 9.59 Å². The maximum absolute atomic E-state index is 13.2. The Hall–Kier alpha value is -4.48. The van der Waals surface area contributed by atoms with Crippen molar-refractivity contribution in [2.24, 2.45) is 10.8 Å². The lowest BCUT2D eigenvalue weighted by molar-refractivity contribution is 0.0926. The molecule has 0 radical (unpaired) electrons. The van der Waals surface area contributed by atoms with Crippen LogP contribution < -0.4 is 16.0 Å². The van der Waals surface area contributed by atoms with Gasteiger partial charge >= 0.3 is 0 Å². The van der Waals surface area contributed by atoms with E-state index in [0.29, 0.717) is 11.1 Å². The van der Waals surface area contributed by atoms with Gasteiger partial charge in [-0.1, -0.05) is 126 Å². The SMILES string of the molecule is CNC(NC(=O)c1ccc(/C(=C(/c2ccc(C(=O)NC(C)c3ccccc3)cc2)C(C)(C)C)C(C)(C)C)cc1)c1ccccc1. The average molecular weight is 602 g/mol. The van der Waals surface area contributed by atoms with Crippen LogP contribution in [0.1, 0.15) is 104 Å². The first kappa shape index (κ1) is 33.4. The number of allylic oxidation sites excluding steroid dienone is 2. The fourth-order valence-corrected chi connectivity index (χ4v) is 5.77. The molecule has 0 aliphatic rings. The van der Waals surface area contributed by atoms with E-state index in [1.165, 1.54) is 11.1 Å². The molecule has 2 atom stereocenters. The summed E-state index contributed by atoms with van der Waals surface area (Å²) in [4.78, 5) is 26.3. The van der Waals surface area contributed by atoms with Crippen molar-refractivity contribution >= 4 is 23.0 Å². The van der Waals surface area contributed by atoms with Crippen molar-refractivity contribution in [1.82, 2.24) is 16.0 Å². The van der Waals surface area contributed by atoms with Gasteiger partial charge in [-0.15, -0.1) is 0 Å². The molecule has 45 heavy (non-hydrogen) atoms. The number of amides is 2. The molecule has 2 amide bonds. The minimum absolute atomic E-state index is 0.0941. The van der Waals surface area contributed by atoms with E-state index < -0.39 is 0 Å². The van der Waals surface area contributed by atoms with Crippen LogP contribution in [-0.4, -0.2) is 18.9 Å². The van der Waals surface area contributed by atoms with E-state index >= 15 is 0 Å². The van der Waals surface area contributed by atoms with E-state index in [-0.39, 0.29) is 34.9 Å². The van der Waals surface area contributed by atoms with Crippen LogP contribution in [-0.2, 0) is 0 Å². The zero-order chi connectivity index (χ0) is 32.8. The van der Waals surface area contributed by atoms with E-state index in [2.05, 4.69) is 69.6 Å². The highest BCUT2D eigenvalue weighted by molar-refractivity contribution is 5.99. The van der Waals surface area contributed by atoms with E-state index in [4.69, 9.17) is 0 Å². The molecule has 0 fully saturated rings. The van der Waals surface area contributed by atoms with Crippen molar-refractivity contribution in [3.05, 3.63) is 143 Å². The monoisotopic (exact) mass is 601 g/mol. The van der Waals surface area contributed by atoms with Gasteiger partial charge in [0.15, 0.2) is 0 Å². The van der Waals surface area contributed by atoms with Crippen molar-refractivity contribution in [2.45, 2.75) is 60.7 Å². The minimum Gasteiger partial charge on any atom is -0.346 e. The molecule has 5 nitrogen and oxygen atoms in total. The number of benzene rings is 4. The van der Waals surface area contributed by atoms with Crippen molar-refractivity contribution in [3.8, 4) is 0 Å². The zero-order valence-corrected chi connectivity index (χ0v) is 27.9. The minimum atomic E-state index is -0.289. The zero-order valence-electron chi connectivity index (χ0n) is 27.9. The maximum Gasteiger partial charge on any atom is 0.252 e. The molecular weight excluding hydrogens is 554 g/mol. The molecule has 0 aliphatic carbocycles. The van der Waals surface area contributed by atoms with Crippen molar-refractivity contribution in [1.29, 1.82) is 0 Å². The summed E-state index contributed by atoms with van der Waals surface area (Å²) < 4.78 is 0. The Labute approximate surface area is 269 Å². The molecule has 234 valence electrons. The smallest absolute Gasteiger partial charge is 0.252 e. The van der Waals surface area contributed by atoms with Crippen LogP contribution in [0.5, 0.6) is 0 Å². The van der Waals surface area contributed by atoms with Gasteiger partial charge < -0.3 is 10.6 Å².